The second-order valence-corrected chi connectivity index (χ2v) is 8.78. The van der Waals surface area contributed by atoms with E-state index >= 15 is 0 Å². The number of halogens is 1. The van der Waals surface area contributed by atoms with Crippen LogP contribution in [0.3, 0.4) is 0 Å². The Hall–Kier alpha value is -3.23. The van der Waals surface area contributed by atoms with E-state index in [0.29, 0.717) is 30.5 Å². The van der Waals surface area contributed by atoms with Crippen molar-refractivity contribution in [2.75, 3.05) is 13.6 Å². The molecular formula is C26H31FN4O3. The molecule has 1 fully saturated rings. The van der Waals surface area contributed by atoms with Gasteiger partial charge in [-0.05, 0) is 62.9 Å². The standard InChI is InChI=1S/C26H31FN4O3/c1-17-23(18(2)34-30-17)16-33-25-9-5-4-8-22(25)26(32)31(3)14-6-7-21-15-24(29-28-21)19-10-12-20(27)13-11-19/h4-5,8-13,21,24,28-29H,6-7,14-16H2,1-3H3. The van der Waals surface area contributed by atoms with Crippen molar-refractivity contribution in [2.45, 2.75) is 51.8 Å². The van der Waals surface area contributed by atoms with E-state index in [1.54, 1.807) is 11.0 Å². The number of rotatable bonds is 9. The highest BCUT2D eigenvalue weighted by molar-refractivity contribution is 5.96. The van der Waals surface area contributed by atoms with Crippen LogP contribution in [0.25, 0.3) is 0 Å². The third kappa shape index (κ3) is 5.63. The van der Waals surface area contributed by atoms with Gasteiger partial charge in [0.1, 0.15) is 23.9 Å². The molecule has 3 aromatic rings. The first kappa shape index (κ1) is 23.9. The van der Waals surface area contributed by atoms with Crippen molar-refractivity contribution >= 4 is 5.91 Å². The Morgan fingerprint density at radius 2 is 1.94 bits per heavy atom. The lowest BCUT2D eigenvalue weighted by atomic mass is 9.99. The summed E-state index contributed by atoms with van der Waals surface area (Å²) in [6.07, 6.45) is 2.70. The van der Waals surface area contributed by atoms with Crippen LogP contribution in [0.15, 0.2) is 53.1 Å². The molecule has 0 aliphatic carbocycles. The first-order valence-electron chi connectivity index (χ1n) is 11.6. The van der Waals surface area contributed by atoms with Gasteiger partial charge in [-0.15, -0.1) is 0 Å². The highest BCUT2D eigenvalue weighted by atomic mass is 19.1. The monoisotopic (exact) mass is 466 g/mol. The zero-order valence-electron chi connectivity index (χ0n) is 19.8. The minimum atomic E-state index is -0.227. The zero-order valence-corrected chi connectivity index (χ0v) is 19.8. The highest BCUT2D eigenvalue weighted by Gasteiger charge is 2.25. The fraction of sp³-hybridized carbons (Fsp3) is 0.385. The van der Waals surface area contributed by atoms with E-state index in [9.17, 15) is 9.18 Å². The molecule has 0 bridgehead atoms. The predicted octanol–water partition coefficient (Wildman–Crippen LogP) is 4.47. The van der Waals surface area contributed by atoms with Crippen molar-refractivity contribution in [3.63, 3.8) is 0 Å². The van der Waals surface area contributed by atoms with E-state index in [2.05, 4.69) is 16.0 Å². The van der Waals surface area contributed by atoms with Crippen molar-refractivity contribution in [2.24, 2.45) is 0 Å². The summed E-state index contributed by atoms with van der Waals surface area (Å²) in [5.74, 6) is 0.962. The molecular weight excluding hydrogens is 435 g/mol. The summed E-state index contributed by atoms with van der Waals surface area (Å²) in [7, 11) is 1.81. The van der Waals surface area contributed by atoms with E-state index in [0.717, 1.165) is 41.8 Å². The molecule has 2 unspecified atom stereocenters. The molecule has 7 nitrogen and oxygen atoms in total. The first-order chi connectivity index (χ1) is 16.4. The number of carbonyl (C=O) groups excluding carboxylic acids is 1. The fourth-order valence-corrected chi connectivity index (χ4v) is 4.23. The number of hydrogen-bond donors (Lipinski definition) is 2. The van der Waals surface area contributed by atoms with Crippen LogP contribution in [0.5, 0.6) is 5.75 Å². The van der Waals surface area contributed by atoms with Crippen LogP contribution in [0.4, 0.5) is 4.39 Å². The van der Waals surface area contributed by atoms with E-state index in [-0.39, 0.29) is 17.8 Å². The number of nitrogens with zero attached hydrogens (tertiary/aromatic N) is 2. The van der Waals surface area contributed by atoms with Crippen molar-refractivity contribution in [3.05, 3.63) is 82.5 Å². The van der Waals surface area contributed by atoms with Crippen LogP contribution >= 0.6 is 0 Å². The van der Waals surface area contributed by atoms with Gasteiger partial charge in [-0.1, -0.05) is 29.4 Å². The Kier molecular flexibility index (Phi) is 7.59. The van der Waals surface area contributed by atoms with Gasteiger partial charge in [0, 0.05) is 25.7 Å². The second-order valence-electron chi connectivity index (χ2n) is 8.78. The van der Waals surface area contributed by atoms with Gasteiger partial charge >= 0.3 is 0 Å². The normalized spacial score (nSPS) is 17.6. The van der Waals surface area contributed by atoms with Crippen LogP contribution in [0.2, 0.25) is 0 Å². The van der Waals surface area contributed by atoms with Gasteiger partial charge in [0.25, 0.3) is 5.91 Å². The van der Waals surface area contributed by atoms with Crippen LogP contribution in [0, 0.1) is 19.7 Å². The number of nitrogens with one attached hydrogen (secondary N) is 2. The number of amides is 1. The molecule has 8 heteroatoms. The molecule has 1 aliphatic heterocycles. The number of hydrogen-bond acceptors (Lipinski definition) is 6. The molecule has 2 N–H and O–H groups in total. The molecule has 2 atom stereocenters. The van der Waals surface area contributed by atoms with E-state index in [1.165, 1.54) is 12.1 Å². The summed E-state index contributed by atoms with van der Waals surface area (Å²) in [6, 6.07) is 14.4. The van der Waals surface area contributed by atoms with E-state index in [1.807, 2.05) is 51.2 Å². The van der Waals surface area contributed by atoms with Gasteiger partial charge in [-0.25, -0.2) is 4.39 Å². The van der Waals surface area contributed by atoms with Crippen LogP contribution < -0.4 is 15.6 Å². The lowest BCUT2D eigenvalue weighted by Crippen LogP contribution is -2.32. The SMILES string of the molecule is Cc1noc(C)c1COc1ccccc1C(=O)N(C)CCCC1CC(c2ccc(F)cc2)NN1. The van der Waals surface area contributed by atoms with Crippen molar-refractivity contribution in [1.82, 2.24) is 20.9 Å². The van der Waals surface area contributed by atoms with Gasteiger partial charge < -0.3 is 14.2 Å². The van der Waals surface area contributed by atoms with E-state index in [4.69, 9.17) is 9.26 Å². The van der Waals surface area contributed by atoms with Gasteiger partial charge in [0.2, 0.25) is 0 Å². The Morgan fingerprint density at radius 3 is 2.68 bits per heavy atom. The molecule has 0 radical (unpaired) electrons. The molecule has 1 aliphatic rings. The largest absolute Gasteiger partial charge is 0.488 e. The lowest BCUT2D eigenvalue weighted by molar-refractivity contribution is 0.0786. The van der Waals surface area contributed by atoms with Gasteiger partial charge in [-0.2, -0.15) is 0 Å². The summed E-state index contributed by atoms with van der Waals surface area (Å²) in [5.41, 5.74) is 9.90. The minimum absolute atomic E-state index is 0.0731. The first-order valence-corrected chi connectivity index (χ1v) is 11.6. The predicted molar refractivity (Wildman–Crippen MR) is 127 cm³/mol. The number of carbonyl (C=O) groups is 1. The average molecular weight is 467 g/mol. The quantitative estimate of drug-likeness (QED) is 0.484. The molecule has 2 heterocycles. The van der Waals surface area contributed by atoms with Crippen LogP contribution in [-0.2, 0) is 6.61 Å². The maximum atomic E-state index is 13.2. The summed E-state index contributed by atoms with van der Waals surface area (Å²) in [6.45, 7) is 4.65. The Morgan fingerprint density at radius 1 is 1.18 bits per heavy atom. The molecule has 180 valence electrons. The average Bonchev–Trinajstić information content (AvgIpc) is 3.44. The Bertz CT molecular complexity index is 1100. The Balaban J connectivity index is 1.27. The summed E-state index contributed by atoms with van der Waals surface area (Å²) >= 11 is 0. The maximum Gasteiger partial charge on any atom is 0.257 e. The van der Waals surface area contributed by atoms with Crippen LogP contribution in [0.1, 0.15) is 58.2 Å². The fourth-order valence-electron chi connectivity index (χ4n) is 4.23. The van der Waals surface area contributed by atoms with Crippen LogP contribution in [-0.4, -0.2) is 35.6 Å². The number of aromatic nitrogens is 1. The molecule has 34 heavy (non-hydrogen) atoms. The second kappa shape index (κ2) is 10.8. The molecule has 0 saturated carbocycles. The van der Waals surface area contributed by atoms with Gasteiger partial charge in [0.05, 0.1) is 16.8 Å². The smallest absolute Gasteiger partial charge is 0.257 e. The Labute approximate surface area is 199 Å². The summed E-state index contributed by atoms with van der Waals surface area (Å²) in [4.78, 5) is 14.8. The topological polar surface area (TPSA) is 79.6 Å². The number of benzene rings is 2. The minimum Gasteiger partial charge on any atom is -0.488 e. The number of para-hydroxylation sites is 1. The molecule has 1 amide bonds. The van der Waals surface area contributed by atoms with Crippen molar-refractivity contribution < 1.29 is 18.4 Å². The summed E-state index contributed by atoms with van der Waals surface area (Å²) in [5, 5.41) is 3.95. The lowest BCUT2D eigenvalue weighted by Gasteiger charge is -2.20. The van der Waals surface area contributed by atoms with Gasteiger partial charge in [0.15, 0.2) is 0 Å². The van der Waals surface area contributed by atoms with E-state index < -0.39 is 0 Å². The molecule has 4 rings (SSSR count). The third-order valence-corrected chi connectivity index (χ3v) is 6.32. The highest BCUT2D eigenvalue weighted by Crippen LogP contribution is 2.25. The number of ether oxygens (including phenoxy) is 1. The maximum absolute atomic E-state index is 13.2. The van der Waals surface area contributed by atoms with Gasteiger partial charge in [-0.3, -0.25) is 15.6 Å². The summed E-state index contributed by atoms with van der Waals surface area (Å²) < 4.78 is 24.3. The van der Waals surface area contributed by atoms with Crippen molar-refractivity contribution in [1.29, 1.82) is 0 Å². The number of aryl methyl sites for hydroxylation is 2. The molecule has 1 aromatic heterocycles. The number of hydrazine groups is 1. The zero-order chi connectivity index (χ0) is 24.1. The van der Waals surface area contributed by atoms with Crippen molar-refractivity contribution in [3.8, 4) is 5.75 Å². The molecule has 0 spiro atoms. The third-order valence-electron chi connectivity index (χ3n) is 6.32. The molecule has 1 saturated heterocycles. The molecule has 2 aromatic carbocycles.